The number of ether oxygens (including phenoxy) is 1. The van der Waals surface area contributed by atoms with Gasteiger partial charge in [0.05, 0.1) is 6.61 Å². The van der Waals surface area contributed by atoms with Crippen LogP contribution in [0.5, 0.6) is 0 Å². The van der Waals surface area contributed by atoms with Gasteiger partial charge in [-0.05, 0) is 31.5 Å². The number of anilines is 2. The maximum atomic E-state index is 6.05. The second-order valence-corrected chi connectivity index (χ2v) is 5.04. The zero-order valence-electron chi connectivity index (χ0n) is 12.5. The van der Waals surface area contributed by atoms with E-state index in [9.17, 15) is 0 Å². The molecule has 0 spiro atoms. The van der Waals surface area contributed by atoms with Crippen molar-refractivity contribution in [1.82, 2.24) is 4.98 Å². The molecule has 4 heteroatoms. The summed E-state index contributed by atoms with van der Waals surface area (Å²) in [6.07, 6.45) is 4.73. The van der Waals surface area contributed by atoms with Crippen molar-refractivity contribution in [3.63, 3.8) is 0 Å². The number of pyridine rings is 1. The predicted octanol–water partition coefficient (Wildman–Crippen LogP) is 3.07. The van der Waals surface area contributed by atoms with Crippen molar-refractivity contribution in [3.8, 4) is 0 Å². The molecule has 0 aliphatic carbocycles. The van der Waals surface area contributed by atoms with Crippen LogP contribution in [0.3, 0.4) is 0 Å². The lowest BCUT2D eigenvalue weighted by Crippen LogP contribution is -2.35. The highest BCUT2D eigenvalue weighted by Gasteiger charge is 2.16. The number of nitrogen functional groups attached to an aromatic ring is 1. The molecule has 1 heterocycles. The number of aromatic nitrogens is 1. The Morgan fingerprint density at radius 1 is 1.30 bits per heavy atom. The Hall–Kier alpha value is -1.81. The minimum atomic E-state index is 0.449. The zero-order chi connectivity index (χ0) is 14.5. The molecule has 2 aromatic rings. The van der Waals surface area contributed by atoms with Crippen LogP contribution in [0.1, 0.15) is 20.3 Å². The fourth-order valence-electron chi connectivity index (χ4n) is 2.43. The molecule has 0 saturated heterocycles. The molecule has 0 amide bonds. The molecule has 1 atom stereocenters. The normalized spacial score (nSPS) is 12.6. The van der Waals surface area contributed by atoms with E-state index in [1.807, 2.05) is 24.5 Å². The van der Waals surface area contributed by atoms with Crippen LogP contribution in [0.15, 0.2) is 30.6 Å². The lowest BCUT2D eigenvalue weighted by Gasteiger charge is -2.31. The van der Waals surface area contributed by atoms with Crippen LogP contribution in [-0.2, 0) is 4.74 Å². The average Bonchev–Trinajstić information content (AvgIpc) is 2.49. The Bertz CT molecular complexity index is 571. The summed E-state index contributed by atoms with van der Waals surface area (Å²) in [5.41, 5.74) is 8.02. The lowest BCUT2D eigenvalue weighted by molar-refractivity contribution is 0.203. The minimum absolute atomic E-state index is 0.449. The summed E-state index contributed by atoms with van der Waals surface area (Å²) in [7, 11) is 1.74. The third-order valence-corrected chi connectivity index (χ3v) is 3.80. The summed E-state index contributed by atoms with van der Waals surface area (Å²) in [6, 6.07) is 6.54. The number of methoxy groups -OCH3 is 1. The first-order valence-electron chi connectivity index (χ1n) is 7.06. The topological polar surface area (TPSA) is 51.4 Å². The second-order valence-electron chi connectivity index (χ2n) is 5.04. The van der Waals surface area contributed by atoms with E-state index in [0.717, 1.165) is 29.4 Å². The van der Waals surface area contributed by atoms with Gasteiger partial charge in [0, 0.05) is 54.2 Å². The van der Waals surface area contributed by atoms with Gasteiger partial charge < -0.3 is 15.4 Å². The molecule has 1 unspecified atom stereocenters. The Balaban J connectivity index is 2.50. The van der Waals surface area contributed by atoms with Crippen molar-refractivity contribution in [3.05, 3.63) is 30.6 Å². The molecule has 108 valence electrons. The van der Waals surface area contributed by atoms with Crippen molar-refractivity contribution < 1.29 is 4.74 Å². The number of fused-ring (bicyclic) bond motifs is 1. The van der Waals surface area contributed by atoms with Gasteiger partial charge >= 0.3 is 0 Å². The summed E-state index contributed by atoms with van der Waals surface area (Å²) in [6.45, 7) is 6.01. The van der Waals surface area contributed by atoms with E-state index in [0.29, 0.717) is 12.6 Å². The summed E-state index contributed by atoms with van der Waals surface area (Å²) >= 11 is 0. The molecule has 1 aromatic heterocycles. The number of nitrogens with two attached hydrogens (primary N) is 1. The molecule has 20 heavy (non-hydrogen) atoms. The van der Waals surface area contributed by atoms with E-state index in [1.165, 1.54) is 5.69 Å². The van der Waals surface area contributed by atoms with Gasteiger partial charge in [0.25, 0.3) is 0 Å². The molecular weight excluding hydrogens is 250 g/mol. The molecule has 0 saturated carbocycles. The van der Waals surface area contributed by atoms with E-state index in [2.05, 4.69) is 29.8 Å². The number of rotatable bonds is 6. The van der Waals surface area contributed by atoms with Crippen molar-refractivity contribution in [1.29, 1.82) is 0 Å². The van der Waals surface area contributed by atoms with Crippen molar-refractivity contribution in [2.75, 3.05) is 30.9 Å². The van der Waals surface area contributed by atoms with Gasteiger partial charge in [-0.2, -0.15) is 0 Å². The largest absolute Gasteiger partial charge is 0.398 e. The summed E-state index contributed by atoms with van der Waals surface area (Å²) in [4.78, 5) is 6.56. The van der Waals surface area contributed by atoms with E-state index in [-0.39, 0.29) is 0 Å². The fraction of sp³-hybridized carbons (Fsp3) is 0.438. The molecule has 4 nitrogen and oxygen atoms in total. The van der Waals surface area contributed by atoms with E-state index < -0.39 is 0 Å². The van der Waals surface area contributed by atoms with Crippen molar-refractivity contribution in [2.45, 2.75) is 26.3 Å². The van der Waals surface area contributed by atoms with Crippen molar-refractivity contribution in [2.24, 2.45) is 0 Å². The SMILES string of the molecule is CCC(C)N(CCOC)c1ccc(N)c2cnccc12. The molecular formula is C16H23N3O. The first-order chi connectivity index (χ1) is 9.69. The Kier molecular flexibility index (Phi) is 4.79. The van der Waals surface area contributed by atoms with Gasteiger partial charge in [0.2, 0.25) is 0 Å². The van der Waals surface area contributed by atoms with Crippen molar-refractivity contribution >= 4 is 22.1 Å². The first-order valence-corrected chi connectivity index (χ1v) is 7.06. The van der Waals surface area contributed by atoms with Crippen LogP contribution in [0, 0.1) is 0 Å². The third-order valence-electron chi connectivity index (χ3n) is 3.80. The quantitative estimate of drug-likeness (QED) is 0.822. The van der Waals surface area contributed by atoms with Crippen LogP contribution >= 0.6 is 0 Å². The zero-order valence-corrected chi connectivity index (χ0v) is 12.5. The van der Waals surface area contributed by atoms with Gasteiger partial charge in [-0.15, -0.1) is 0 Å². The molecule has 0 aliphatic heterocycles. The Morgan fingerprint density at radius 2 is 2.10 bits per heavy atom. The Labute approximate surface area is 120 Å². The van der Waals surface area contributed by atoms with E-state index in [4.69, 9.17) is 10.5 Å². The molecule has 0 aliphatic rings. The standard InChI is InChI=1S/C16H23N3O/c1-4-12(2)19(9-10-20-3)16-6-5-15(17)14-11-18-8-7-13(14)16/h5-8,11-12H,4,9-10,17H2,1-3H3. The Morgan fingerprint density at radius 3 is 2.80 bits per heavy atom. The van der Waals surface area contributed by atoms with Crippen LogP contribution < -0.4 is 10.6 Å². The molecule has 1 aromatic carbocycles. The number of benzene rings is 1. The predicted molar refractivity (Wildman–Crippen MR) is 85.1 cm³/mol. The van der Waals surface area contributed by atoms with Crippen LogP contribution in [0.25, 0.3) is 10.8 Å². The highest BCUT2D eigenvalue weighted by molar-refractivity contribution is 6.00. The van der Waals surface area contributed by atoms with Gasteiger partial charge in [0.15, 0.2) is 0 Å². The average molecular weight is 273 g/mol. The van der Waals surface area contributed by atoms with Crippen LogP contribution in [0.4, 0.5) is 11.4 Å². The van der Waals surface area contributed by atoms with Crippen LogP contribution in [0.2, 0.25) is 0 Å². The van der Waals surface area contributed by atoms with Gasteiger partial charge in [-0.3, -0.25) is 4.98 Å². The smallest absolute Gasteiger partial charge is 0.0637 e. The highest BCUT2D eigenvalue weighted by atomic mass is 16.5. The summed E-state index contributed by atoms with van der Waals surface area (Å²) in [5, 5.41) is 2.16. The number of hydrogen-bond acceptors (Lipinski definition) is 4. The highest BCUT2D eigenvalue weighted by Crippen LogP contribution is 2.31. The lowest BCUT2D eigenvalue weighted by atomic mass is 10.1. The monoisotopic (exact) mass is 273 g/mol. The van der Waals surface area contributed by atoms with E-state index in [1.54, 1.807) is 7.11 Å². The maximum Gasteiger partial charge on any atom is 0.0637 e. The number of hydrogen-bond donors (Lipinski definition) is 1. The maximum absolute atomic E-state index is 6.05. The summed E-state index contributed by atoms with van der Waals surface area (Å²) in [5.74, 6) is 0. The number of nitrogens with zero attached hydrogens (tertiary/aromatic N) is 2. The van der Waals surface area contributed by atoms with Gasteiger partial charge in [-0.25, -0.2) is 0 Å². The van der Waals surface area contributed by atoms with Crippen LogP contribution in [-0.4, -0.2) is 31.3 Å². The second kappa shape index (κ2) is 6.57. The van der Waals surface area contributed by atoms with E-state index >= 15 is 0 Å². The molecule has 0 bridgehead atoms. The van der Waals surface area contributed by atoms with Gasteiger partial charge in [0.1, 0.15) is 0 Å². The first kappa shape index (κ1) is 14.6. The molecule has 0 radical (unpaired) electrons. The molecule has 0 fully saturated rings. The molecule has 2 rings (SSSR count). The summed E-state index contributed by atoms with van der Waals surface area (Å²) < 4.78 is 5.25. The van der Waals surface area contributed by atoms with Gasteiger partial charge in [-0.1, -0.05) is 6.92 Å². The minimum Gasteiger partial charge on any atom is -0.398 e. The fourth-order valence-corrected chi connectivity index (χ4v) is 2.43. The molecule has 2 N–H and O–H groups in total. The third kappa shape index (κ3) is 2.85.